The predicted octanol–water partition coefficient (Wildman–Crippen LogP) is 1.01. The molecule has 0 saturated carbocycles. The smallest absolute Gasteiger partial charge is 0.227 e. The molecule has 2 atom stereocenters. The van der Waals surface area contributed by atoms with Crippen LogP contribution in [0.2, 0.25) is 5.02 Å². The molecule has 7 heteroatoms. The van der Waals surface area contributed by atoms with Crippen molar-refractivity contribution in [3.63, 3.8) is 0 Å². The molecule has 0 spiro atoms. The molecule has 5 nitrogen and oxygen atoms in total. The number of rotatable bonds is 7. The van der Waals surface area contributed by atoms with Gasteiger partial charge in [0.1, 0.15) is 5.82 Å². The Morgan fingerprint density at radius 2 is 2.08 bits per heavy atom. The summed E-state index contributed by atoms with van der Waals surface area (Å²) in [6.07, 6.45) is -0.0805. The monoisotopic (exact) mass is 358 g/mol. The van der Waals surface area contributed by atoms with Crippen LogP contribution in [0, 0.1) is 17.7 Å². The summed E-state index contributed by atoms with van der Waals surface area (Å²) in [5.41, 5.74) is 0.213. The van der Waals surface area contributed by atoms with Crippen molar-refractivity contribution in [2.75, 3.05) is 46.4 Å². The molecule has 2 N–H and O–H groups in total. The Balaban J connectivity index is 2.00. The van der Waals surface area contributed by atoms with Crippen LogP contribution in [-0.2, 0) is 11.2 Å². The lowest BCUT2D eigenvalue weighted by molar-refractivity contribution is -0.129. The normalized spacial score (nSPS) is 20.8. The summed E-state index contributed by atoms with van der Waals surface area (Å²) in [6.45, 7) is 2.29. The molecule has 2 rings (SSSR count). The third-order valence-corrected chi connectivity index (χ3v) is 4.94. The van der Waals surface area contributed by atoms with Gasteiger partial charge in [-0.1, -0.05) is 17.7 Å². The highest BCUT2D eigenvalue weighted by Gasteiger charge is 2.35. The Labute approximate surface area is 146 Å². The number of aliphatic hydroxyl groups is 2. The molecule has 0 radical (unpaired) electrons. The highest BCUT2D eigenvalue weighted by molar-refractivity contribution is 6.31. The van der Waals surface area contributed by atoms with Gasteiger partial charge in [-0.3, -0.25) is 4.79 Å². The van der Waals surface area contributed by atoms with E-state index < -0.39 is 5.82 Å². The second-order valence-corrected chi connectivity index (χ2v) is 6.77. The second kappa shape index (κ2) is 8.76. The molecule has 1 amide bonds. The van der Waals surface area contributed by atoms with Crippen molar-refractivity contribution < 1.29 is 19.4 Å². The number of carbonyl (C=O) groups is 1. The van der Waals surface area contributed by atoms with Crippen molar-refractivity contribution in [1.29, 1.82) is 0 Å². The van der Waals surface area contributed by atoms with Crippen molar-refractivity contribution in [3.8, 4) is 0 Å². The van der Waals surface area contributed by atoms with E-state index >= 15 is 0 Å². The molecule has 1 aromatic rings. The first kappa shape index (κ1) is 19.1. The lowest BCUT2D eigenvalue weighted by Gasteiger charge is -2.23. The molecule has 0 unspecified atom stereocenters. The average molecular weight is 359 g/mol. The quantitative estimate of drug-likeness (QED) is 0.763. The van der Waals surface area contributed by atoms with Crippen LogP contribution in [0.5, 0.6) is 0 Å². The van der Waals surface area contributed by atoms with Crippen molar-refractivity contribution in [3.05, 3.63) is 34.6 Å². The van der Waals surface area contributed by atoms with Gasteiger partial charge in [0.15, 0.2) is 0 Å². The first-order valence-electron chi connectivity index (χ1n) is 8.07. The predicted molar refractivity (Wildman–Crippen MR) is 90.3 cm³/mol. The number of benzene rings is 1. The zero-order valence-corrected chi connectivity index (χ0v) is 14.5. The van der Waals surface area contributed by atoms with E-state index in [4.69, 9.17) is 16.7 Å². The van der Waals surface area contributed by atoms with Gasteiger partial charge in [0.2, 0.25) is 5.91 Å². The molecule has 1 aliphatic rings. The Morgan fingerprint density at radius 1 is 1.38 bits per heavy atom. The Morgan fingerprint density at radius 3 is 2.71 bits per heavy atom. The van der Waals surface area contributed by atoms with Gasteiger partial charge in [0, 0.05) is 49.3 Å². The van der Waals surface area contributed by atoms with Crippen molar-refractivity contribution in [2.24, 2.45) is 11.8 Å². The van der Waals surface area contributed by atoms with Gasteiger partial charge in [-0.2, -0.15) is 0 Å². The molecule has 134 valence electrons. The number of nitrogens with zero attached hydrogens (tertiary/aromatic N) is 2. The summed E-state index contributed by atoms with van der Waals surface area (Å²) >= 11 is 5.99. The zero-order chi connectivity index (χ0) is 17.7. The van der Waals surface area contributed by atoms with Crippen LogP contribution in [0.15, 0.2) is 18.2 Å². The molecule has 1 heterocycles. The number of carbonyl (C=O) groups excluding carboxylic acids is 1. The number of likely N-dealkylation sites (N-methyl/N-ethyl adjacent to an activating group) is 1. The van der Waals surface area contributed by atoms with Crippen LogP contribution in [0.25, 0.3) is 0 Å². The van der Waals surface area contributed by atoms with Crippen LogP contribution in [0.3, 0.4) is 0 Å². The summed E-state index contributed by atoms with van der Waals surface area (Å²) < 4.78 is 13.8. The summed E-state index contributed by atoms with van der Waals surface area (Å²) in [6, 6.07) is 4.37. The summed E-state index contributed by atoms with van der Waals surface area (Å²) in [5.74, 6) is -0.543. The average Bonchev–Trinajstić information content (AvgIpc) is 2.94. The molecule has 24 heavy (non-hydrogen) atoms. The van der Waals surface area contributed by atoms with E-state index in [0.29, 0.717) is 26.2 Å². The van der Waals surface area contributed by atoms with Crippen LogP contribution in [0.1, 0.15) is 5.56 Å². The third-order valence-electron chi connectivity index (χ3n) is 4.58. The van der Waals surface area contributed by atoms with Crippen LogP contribution < -0.4 is 0 Å². The molecular formula is C17H24ClFN2O3. The minimum atomic E-state index is -0.479. The van der Waals surface area contributed by atoms with Gasteiger partial charge < -0.3 is 20.0 Å². The molecule has 1 saturated heterocycles. The number of amides is 1. The Bertz CT molecular complexity index is 553. The summed E-state index contributed by atoms with van der Waals surface area (Å²) in [4.78, 5) is 16.2. The largest absolute Gasteiger partial charge is 0.396 e. The Hall–Kier alpha value is -1.21. The molecular weight excluding hydrogens is 335 g/mol. The minimum Gasteiger partial charge on any atom is -0.396 e. The maximum atomic E-state index is 13.8. The van der Waals surface area contributed by atoms with Crippen molar-refractivity contribution in [2.45, 2.75) is 6.42 Å². The lowest BCUT2D eigenvalue weighted by Crippen LogP contribution is -2.34. The highest BCUT2D eigenvalue weighted by Crippen LogP contribution is 2.26. The maximum Gasteiger partial charge on any atom is 0.227 e. The van der Waals surface area contributed by atoms with E-state index in [1.807, 2.05) is 11.9 Å². The van der Waals surface area contributed by atoms with Crippen molar-refractivity contribution >= 4 is 17.5 Å². The fraction of sp³-hybridized carbons (Fsp3) is 0.588. The molecule has 0 aliphatic carbocycles. The second-order valence-electron chi connectivity index (χ2n) is 6.36. The molecule has 1 fully saturated rings. The van der Waals surface area contributed by atoms with E-state index in [9.17, 15) is 14.3 Å². The number of aliphatic hydroxyl groups excluding tert-OH is 2. The number of hydrogen-bond acceptors (Lipinski definition) is 4. The molecule has 0 bridgehead atoms. The number of hydrogen-bond donors (Lipinski definition) is 2. The minimum absolute atomic E-state index is 0.00185. The molecule has 1 aromatic carbocycles. The van der Waals surface area contributed by atoms with E-state index in [1.54, 1.807) is 11.0 Å². The third kappa shape index (κ3) is 4.66. The van der Waals surface area contributed by atoms with Crippen molar-refractivity contribution in [1.82, 2.24) is 9.80 Å². The Kier molecular flexibility index (Phi) is 6.98. The zero-order valence-electron chi connectivity index (χ0n) is 13.8. The van der Waals surface area contributed by atoms with E-state index in [1.165, 1.54) is 12.1 Å². The first-order chi connectivity index (χ1) is 11.5. The van der Waals surface area contributed by atoms with Crippen LogP contribution in [0.4, 0.5) is 4.39 Å². The van der Waals surface area contributed by atoms with Gasteiger partial charge in [0.25, 0.3) is 0 Å². The summed E-state index contributed by atoms with van der Waals surface area (Å²) in [7, 11) is 1.90. The van der Waals surface area contributed by atoms with Gasteiger partial charge in [-0.05, 0) is 25.1 Å². The van der Waals surface area contributed by atoms with E-state index in [0.717, 1.165) is 0 Å². The van der Waals surface area contributed by atoms with Gasteiger partial charge in [0.05, 0.1) is 13.0 Å². The lowest BCUT2D eigenvalue weighted by atomic mass is 9.96. The topological polar surface area (TPSA) is 64.0 Å². The summed E-state index contributed by atoms with van der Waals surface area (Å²) in [5, 5.41) is 18.8. The molecule has 0 aromatic heterocycles. The standard InChI is InChI=1S/C17H24ClFN2O3/c1-20(5-6-22)8-12-9-21(10-13(12)11-23)17(24)7-14-15(18)3-2-4-16(14)19/h2-4,12-13,22-23H,5-11H2,1H3/t12-,13-/m1/s1. The van der Waals surface area contributed by atoms with Crippen LogP contribution in [-0.4, -0.2) is 72.4 Å². The number of halogens is 2. The first-order valence-corrected chi connectivity index (χ1v) is 8.45. The maximum absolute atomic E-state index is 13.8. The highest BCUT2D eigenvalue weighted by atomic mass is 35.5. The van der Waals surface area contributed by atoms with Gasteiger partial charge in [-0.15, -0.1) is 0 Å². The number of likely N-dealkylation sites (tertiary alicyclic amines) is 1. The van der Waals surface area contributed by atoms with Gasteiger partial charge >= 0.3 is 0 Å². The van der Waals surface area contributed by atoms with Crippen LogP contribution >= 0.6 is 11.6 Å². The fourth-order valence-electron chi connectivity index (χ4n) is 3.18. The fourth-order valence-corrected chi connectivity index (χ4v) is 3.41. The van der Waals surface area contributed by atoms with Gasteiger partial charge in [-0.25, -0.2) is 4.39 Å². The van der Waals surface area contributed by atoms with E-state index in [-0.39, 0.29) is 48.0 Å². The van der Waals surface area contributed by atoms with E-state index in [2.05, 4.69) is 0 Å². The molecule has 1 aliphatic heterocycles. The SMILES string of the molecule is CN(CCO)C[C@@H]1CN(C(=O)Cc2c(F)cccc2Cl)C[C@@H]1CO.